The molecule has 1 aromatic rings. The van der Waals surface area contributed by atoms with E-state index in [0.29, 0.717) is 11.7 Å². The minimum absolute atomic E-state index is 0.0410. The topological polar surface area (TPSA) is 50.4 Å². The molecule has 0 aromatic heterocycles. The molecule has 118 valence electrons. The average Bonchev–Trinajstić information content (AvgIpc) is 2.44. The van der Waals surface area contributed by atoms with Gasteiger partial charge in [-0.1, -0.05) is 36.7 Å². The Hall–Kier alpha value is -1.07. The van der Waals surface area contributed by atoms with Crippen molar-refractivity contribution in [3.05, 3.63) is 28.2 Å². The molecule has 0 fully saturated rings. The van der Waals surface area contributed by atoms with Crippen LogP contribution in [0.3, 0.4) is 0 Å². The predicted octanol–water partition coefficient (Wildman–Crippen LogP) is 3.10. The number of benzene rings is 1. The lowest BCUT2D eigenvalue weighted by molar-refractivity contribution is -0.124. The molecule has 0 spiro atoms. The van der Waals surface area contributed by atoms with E-state index < -0.39 is 0 Å². The van der Waals surface area contributed by atoms with E-state index in [1.54, 1.807) is 0 Å². The third kappa shape index (κ3) is 6.48. The molecule has 5 heteroatoms. The van der Waals surface area contributed by atoms with Crippen LogP contribution < -0.4 is 15.4 Å². The molecule has 0 bridgehead atoms. The van der Waals surface area contributed by atoms with Crippen molar-refractivity contribution in [3.63, 3.8) is 0 Å². The molecule has 1 aromatic carbocycles. The van der Waals surface area contributed by atoms with Crippen LogP contribution in [0, 0.1) is 5.92 Å². The fourth-order valence-electron chi connectivity index (χ4n) is 1.65. The van der Waals surface area contributed by atoms with Crippen LogP contribution in [0.1, 0.15) is 33.3 Å². The first-order valence-corrected chi connectivity index (χ1v) is 8.14. The third-order valence-corrected chi connectivity index (χ3v) is 4.11. The second kappa shape index (κ2) is 9.05. The zero-order chi connectivity index (χ0) is 15.8. The lowest BCUT2D eigenvalue weighted by atomic mass is 10.1. The molecule has 4 nitrogen and oxygen atoms in total. The zero-order valence-corrected chi connectivity index (χ0v) is 14.8. The first-order valence-electron chi connectivity index (χ1n) is 7.35. The Morgan fingerprint density at radius 3 is 2.67 bits per heavy atom. The van der Waals surface area contributed by atoms with Crippen LogP contribution in [-0.2, 0) is 11.3 Å². The summed E-state index contributed by atoms with van der Waals surface area (Å²) in [6.45, 7) is 9.93. The van der Waals surface area contributed by atoms with E-state index >= 15 is 0 Å². The maximum atomic E-state index is 11.8. The largest absolute Gasteiger partial charge is 0.484 e. The Labute approximate surface area is 135 Å². The van der Waals surface area contributed by atoms with Gasteiger partial charge < -0.3 is 15.4 Å². The van der Waals surface area contributed by atoms with Crippen LogP contribution >= 0.6 is 15.9 Å². The van der Waals surface area contributed by atoms with Crippen molar-refractivity contribution in [1.29, 1.82) is 0 Å². The van der Waals surface area contributed by atoms with E-state index in [1.165, 1.54) is 0 Å². The Morgan fingerprint density at radius 1 is 1.33 bits per heavy atom. The van der Waals surface area contributed by atoms with Crippen molar-refractivity contribution >= 4 is 21.8 Å². The summed E-state index contributed by atoms with van der Waals surface area (Å²) in [5, 5.41) is 6.20. The summed E-state index contributed by atoms with van der Waals surface area (Å²) in [4.78, 5) is 11.8. The van der Waals surface area contributed by atoms with Gasteiger partial charge in [-0.3, -0.25) is 4.79 Å². The summed E-state index contributed by atoms with van der Waals surface area (Å²) in [7, 11) is 0. The molecule has 0 aliphatic rings. The second-order valence-electron chi connectivity index (χ2n) is 5.42. The van der Waals surface area contributed by atoms with Gasteiger partial charge in [0, 0.05) is 17.1 Å². The molecule has 2 N–H and O–H groups in total. The molecule has 1 rings (SSSR count). The Bertz CT molecular complexity index is 464. The molecule has 21 heavy (non-hydrogen) atoms. The summed E-state index contributed by atoms with van der Waals surface area (Å²) in [5.41, 5.74) is 1.12. The summed E-state index contributed by atoms with van der Waals surface area (Å²) in [6, 6.07) is 5.90. The molecule has 0 saturated heterocycles. The van der Waals surface area contributed by atoms with Gasteiger partial charge in [-0.25, -0.2) is 0 Å². The molecule has 1 unspecified atom stereocenters. The van der Waals surface area contributed by atoms with Crippen molar-refractivity contribution in [3.8, 4) is 5.75 Å². The first kappa shape index (κ1) is 18.0. The quantitative estimate of drug-likeness (QED) is 0.752. The van der Waals surface area contributed by atoms with E-state index in [2.05, 4.69) is 47.3 Å². The van der Waals surface area contributed by atoms with Crippen molar-refractivity contribution in [2.45, 2.75) is 40.3 Å². The SMILES string of the molecule is CCNCc1cc(OCC(=O)NC(C)C(C)C)ccc1Br. The molecular formula is C16H25BrN2O2. The molecule has 0 heterocycles. The lowest BCUT2D eigenvalue weighted by Gasteiger charge is -2.17. The molecule has 0 aliphatic carbocycles. The van der Waals surface area contributed by atoms with E-state index in [9.17, 15) is 4.79 Å². The Balaban J connectivity index is 2.53. The summed E-state index contributed by atoms with van der Waals surface area (Å²) >= 11 is 3.51. The van der Waals surface area contributed by atoms with E-state index in [-0.39, 0.29) is 18.6 Å². The maximum absolute atomic E-state index is 11.8. The van der Waals surface area contributed by atoms with Gasteiger partial charge in [0.1, 0.15) is 5.75 Å². The summed E-state index contributed by atoms with van der Waals surface area (Å²) in [5.74, 6) is 1.03. The van der Waals surface area contributed by atoms with Gasteiger partial charge in [0.2, 0.25) is 0 Å². The van der Waals surface area contributed by atoms with Gasteiger partial charge >= 0.3 is 0 Å². The highest BCUT2D eigenvalue weighted by molar-refractivity contribution is 9.10. The number of halogens is 1. The highest BCUT2D eigenvalue weighted by atomic mass is 79.9. The van der Waals surface area contributed by atoms with E-state index in [4.69, 9.17) is 4.74 Å². The molecule has 0 aliphatic heterocycles. The highest BCUT2D eigenvalue weighted by Crippen LogP contribution is 2.22. The van der Waals surface area contributed by atoms with Gasteiger partial charge in [0.25, 0.3) is 5.91 Å². The van der Waals surface area contributed by atoms with Crippen LogP contribution in [0.15, 0.2) is 22.7 Å². The summed E-state index contributed by atoms with van der Waals surface area (Å²) < 4.78 is 6.60. The smallest absolute Gasteiger partial charge is 0.258 e. The molecule has 0 saturated carbocycles. The number of amides is 1. The minimum Gasteiger partial charge on any atom is -0.484 e. The lowest BCUT2D eigenvalue weighted by Crippen LogP contribution is -2.38. The van der Waals surface area contributed by atoms with Gasteiger partial charge in [-0.15, -0.1) is 0 Å². The van der Waals surface area contributed by atoms with Crippen molar-refractivity contribution in [2.75, 3.05) is 13.2 Å². The van der Waals surface area contributed by atoms with Gasteiger partial charge in [-0.05, 0) is 43.1 Å². The minimum atomic E-state index is -0.0904. The predicted molar refractivity (Wildman–Crippen MR) is 89.5 cm³/mol. The number of rotatable bonds is 8. The fraction of sp³-hybridized carbons (Fsp3) is 0.562. The molecular weight excluding hydrogens is 332 g/mol. The van der Waals surface area contributed by atoms with E-state index in [0.717, 1.165) is 23.1 Å². The van der Waals surface area contributed by atoms with Gasteiger partial charge in [0.15, 0.2) is 6.61 Å². The number of hydrogen-bond donors (Lipinski definition) is 2. The van der Waals surface area contributed by atoms with Crippen LogP contribution in [-0.4, -0.2) is 25.1 Å². The summed E-state index contributed by atoms with van der Waals surface area (Å²) in [6.07, 6.45) is 0. The second-order valence-corrected chi connectivity index (χ2v) is 6.28. The fourth-order valence-corrected chi connectivity index (χ4v) is 2.03. The molecule has 1 amide bonds. The van der Waals surface area contributed by atoms with Crippen LogP contribution in [0.2, 0.25) is 0 Å². The number of nitrogens with one attached hydrogen (secondary N) is 2. The van der Waals surface area contributed by atoms with Crippen LogP contribution in [0.4, 0.5) is 0 Å². The van der Waals surface area contributed by atoms with Crippen LogP contribution in [0.25, 0.3) is 0 Å². The van der Waals surface area contributed by atoms with Crippen LogP contribution in [0.5, 0.6) is 5.75 Å². The average molecular weight is 357 g/mol. The normalized spacial score (nSPS) is 12.3. The number of carbonyl (C=O) groups is 1. The zero-order valence-electron chi connectivity index (χ0n) is 13.2. The standard InChI is InChI=1S/C16H25BrN2O2/c1-5-18-9-13-8-14(6-7-15(13)17)21-10-16(20)19-12(4)11(2)3/h6-8,11-12,18H,5,9-10H2,1-4H3,(H,19,20). The molecule has 0 radical (unpaired) electrons. The highest BCUT2D eigenvalue weighted by Gasteiger charge is 2.11. The molecule has 1 atom stereocenters. The third-order valence-electron chi connectivity index (χ3n) is 3.34. The Morgan fingerprint density at radius 2 is 2.05 bits per heavy atom. The monoisotopic (exact) mass is 356 g/mol. The number of hydrogen-bond acceptors (Lipinski definition) is 3. The maximum Gasteiger partial charge on any atom is 0.258 e. The van der Waals surface area contributed by atoms with Crippen molar-refractivity contribution in [2.24, 2.45) is 5.92 Å². The van der Waals surface area contributed by atoms with Gasteiger partial charge in [-0.2, -0.15) is 0 Å². The van der Waals surface area contributed by atoms with E-state index in [1.807, 2.05) is 25.1 Å². The Kier molecular flexibility index (Phi) is 7.75. The number of ether oxygens (including phenoxy) is 1. The first-order chi connectivity index (χ1) is 9.93. The van der Waals surface area contributed by atoms with Crippen molar-refractivity contribution < 1.29 is 9.53 Å². The number of carbonyl (C=O) groups excluding carboxylic acids is 1. The van der Waals surface area contributed by atoms with Crippen molar-refractivity contribution in [1.82, 2.24) is 10.6 Å². The van der Waals surface area contributed by atoms with Gasteiger partial charge in [0.05, 0.1) is 0 Å².